The lowest BCUT2D eigenvalue weighted by Crippen LogP contribution is -2.37. The van der Waals surface area contributed by atoms with E-state index in [9.17, 15) is 9.59 Å². The largest absolute Gasteiger partial charge is 0.368 e. The second-order valence-corrected chi connectivity index (χ2v) is 3.83. The summed E-state index contributed by atoms with van der Waals surface area (Å²) in [6.45, 7) is 4.48. The molecule has 68 valence electrons. The number of rotatable bonds is 2. The molecule has 0 spiro atoms. The quantitative estimate of drug-likeness (QED) is 0.620. The van der Waals surface area contributed by atoms with Crippen molar-refractivity contribution in [3.05, 3.63) is 0 Å². The summed E-state index contributed by atoms with van der Waals surface area (Å²) >= 11 is 0. The average Bonchev–Trinajstić information content (AvgIpc) is 2.15. The maximum atomic E-state index is 11.5. The van der Waals surface area contributed by atoms with Gasteiger partial charge in [-0.25, -0.2) is 0 Å². The smallest absolute Gasteiger partial charge is 0.237 e. The zero-order valence-corrected chi connectivity index (χ0v) is 7.46. The minimum Gasteiger partial charge on any atom is -0.368 e. The Morgan fingerprint density at radius 1 is 1.67 bits per heavy atom. The summed E-state index contributed by atoms with van der Waals surface area (Å²) in [7, 11) is 0. The molecule has 1 aliphatic heterocycles. The van der Waals surface area contributed by atoms with Crippen LogP contribution in [0.1, 0.15) is 20.3 Å². The van der Waals surface area contributed by atoms with E-state index in [4.69, 9.17) is 5.73 Å². The van der Waals surface area contributed by atoms with Crippen molar-refractivity contribution in [2.75, 3.05) is 13.1 Å². The SMILES string of the molecule is CC1(C)CCN(CC(N)=O)C1=O. The average molecular weight is 170 g/mol. The number of carbonyl (C=O) groups is 2. The Bertz CT molecular complexity index is 223. The highest BCUT2D eigenvalue weighted by molar-refractivity contribution is 5.88. The Balaban J connectivity index is 2.62. The van der Waals surface area contributed by atoms with Crippen LogP contribution in [-0.4, -0.2) is 29.8 Å². The Labute approximate surface area is 71.7 Å². The molecule has 1 heterocycles. The number of carbonyl (C=O) groups excluding carboxylic acids is 2. The van der Waals surface area contributed by atoms with Crippen molar-refractivity contribution in [1.29, 1.82) is 0 Å². The van der Waals surface area contributed by atoms with Crippen LogP contribution in [-0.2, 0) is 9.59 Å². The summed E-state index contributed by atoms with van der Waals surface area (Å²) in [4.78, 5) is 23.5. The van der Waals surface area contributed by atoms with Crippen LogP contribution in [0.2, 0.25) is 0 Å². The van der Waals surface area contributed by atoms with Gasteiger partial charge in [-0.15, -0.1) is 0 Å². The summed E-state index contributed by atoms with van der Waals surface area (Å²) in [6, 6.07) is 0. The van der Waals surface area contributed by atoms with Crippen molar-refractivity contribution in [3.8, 4) is 0 Å². The third kappa shape index (κ3) is 1.57. The van der Waals surface area contributed by atoms with Gasteiger partial charge in [-0.05, 0) is 6.42 Å². The fourth-order valence-corrected chi connectivity index (χ4v) is 1.39. The van der Waals surface area contributed by atoms with E-state index in [1.807, 2.05) is 13.8 Å². The summed E-state index contributed by atoms with van der Waals surface area (Å²) in [5, 5.41) is 0. The van der Waals surface area contributed by atoms with E-state index in [0.717, 1.165) is 6.42 Å². The van der Waals surface area contributed by atoms with E-state index in [2.05, 4.69) is 0 Å². The second-order valence-electron chi connectivity index (χ2n) is 3.83. The minimum absolute atomic E-state index is 0.0290. The highest BCUT2D eigenvalue weighted by Crippen LogP contribution is 2.29. The van der Waals surface area contributed by atoms with Gasteiger partial charge in [0, 0.05) is 12.0 Å². The molecular weight excluding hydrogens is 156 g/mol. The maximum absolute atomic E-state index is 11.5. The number of amides is 2. The third-order valence-corrected chi connectivity index (χ3v) is 2.22. The molecule has 0 unspecified atom stereocenters. The van der Waals surface area contributed by atoms with E-state index in [1.54, 1.807) is 0 Å². The minimum atomic E-state index is -0.443. The van der Waals surface area contributed by atoms with Crippen molar-refractivity contribution < 1.29 is 9.59 Å². The van der Waals surface area contributed by atoms with Crippen LogP contribution in [0.3, 0.4) is 0 Å². The van der Waals surface area contributed by atoms with Crippen LogP contribution in [0.15, 0.2) is 0 Å². The van der Waals surface area contributed by atoms with Gasteiger partial charge in [-0.2, -0.15) is 0 Å². The summed E-state index contributed by atoms with van der Waals surface area (Å²) in [6.07, 6.45) is 0.805. The van der Waals surface area contributed by atoms with E-state index in [-0.39, 0.29) is 17.9 Å². The second kappa shape index (κ2) is 2.77. The van der Waals surface area contributed by atoms with Gasteiger partial charge in [0.05, 0.1) is 6.54 Å². The Morgan fingerprint density at radius 3 is 2.58 bits per heavy atom. The predicted octanol–water partition coefficient (Wildman–Crippen LogP) is -0.270. The number of primary amides is 1. The molecule has 12 heavy (non-hydrogen) atoms. The normalized spacial score (nSPS) is 21.5. The molecule has 0 aromatic heterocycles. The Hall–Kier alpha value is -1.06. The molecular formula is C8H14N2O2. The van der Waals surface area contributed by atoms with Crippen molar-refractivity contribution >= 4 is 11.8 Å². The summed E-state index contributed by atoms with van der Waals surface area (Å²) in [5.41, 5.74) is 4.68. The number of hydrogen-bond acceptors (Lipinski definition) is 2. The summed E-state index contributed by atoms with van der Waals surface area (Å²) < 4.78 is 0. The van der Waals surface area contributed by atoms with Gasteiger partial charge < -0.3 is 10.6 Å². The standard InChI is InChI=1S/C8H14N2O2/c1-8(2)3-4-10(7(8)12)5-6(9)11/h3-5H2,1-2H3,(H2,9,11). The lowest BCUT2D eigenvalue weighted by molar-refractivity contribution is -0.137. The first kappa shape index (κ1) is 9.03. The molecule has 1 saturated heterocycles. The van der Waals surface area contributed by atoms with Gasteiger partial charge in [0.2, 0.25) is 11.8 Å². The molecule has 0 aliphatic carbocycles. The number of likely N-dealkylation sites (tertiary alicyclic amines) is 1. The monoisotopic (exact) mass is 170 g/mol. The fourth-order valence-electron chi connectivity index (χ4n) is 1.39. The predicted molar refractivity (Wildman–Crippen MR) is 44.2 cm³/mol. The van der Waals surface area contributed by atoms with Gasteiger partial charge >= 0.3 is 0 Å². The van der Waals surface area contributed by atoms with Crippen LogP contribution in [0.25, 0.3) is 0 Å². The first-order chi connectivity index (χ1) is 5.43. The topological polar surface area (TPSA) is 63.4 Å². The fraction of sp³-hybridized carbons (Fsp3) is 0.750. The Morgan fingerprint density at radius 2 is 2.25 bits per heavy atom. The molecule has 4 heteroatoms. The van der Waals surface area contributed by atoms with Crippen molar-refractivity contribution in [2.45, 2.75) is 20.3 Å². The van der Waals surface area contributed by atoms with Crippen LogP contribution >= 0.6 is 0 Å². The van der Waals surface area contributed by atoms with Crippen molar-refractivity contribution in [2.24, 2.45) is 11.1 Å². The highest BCUT2D eigenvalue weighted by atomic mass is 16.2. The van der Waals surface area contributed by atoms with Crippen LogP contribution in [0.4, 0.5) is 0 Å². The number of hydrogen-bond donors (Lipinski definition) is 1. The van der Waals surface area contributed by atoms with Gasteiger partial charge in [0.25, 0.3) is 0 Å². The van der Waals surface area contributed by atoms with Crippen molar-refractivity contribution in [1.82, 2.24) is 4.90 Å². The zero-order chi connectivity index (χ0) is 9.35. The van der Waals surface area contributed by atoms with Crippen LogP contribution in [0.5, 0.6) is 0 Å². The number of nitrogens with two attached hydrogens (primary N) is 1. The molecule has 2 N–H and O–H groups in total. The lowest BCUT2D eigenvalue weighted by Gasteiger charge is -2.17. The highest BCUT2D eigenvalue weighted by Gasteiger charge is 2.38. The molecule has 1 aliphatic rings. The van der Waals surface area contributed by atoms with Gasteiger partial charge in [0.1, 0.15) is 0 Å². The first-order valence-electron chi connectivity index (χ1n) is 4.01. The summed E-state index contributed by atoms with van der Waals surface area (Å²) in [5.74, 6) is -0.414. The first-order valence-corrected chi connectivity index (χ1v) is 4.01. The van der Waals surface area contributed by atoms with Gasteiger partial charge in [-0.1, -0.05) is 13.8 Å². The molecule has 0 aromatic rings. The molecule has 0 radical (unpaired) electrons. The lowest BCUT2D eigenvalue weighted by atomic mass is 9.92. The maximum Gasteiger partial charge on any atom is 0.237 e. The van der Waals surface area contributed by atoms with Gasteiger partial charge in [0.15, 0.2) is 0 Å². The molecule has 1 fully saturated rings. The molecule has 0 aromatic carbocycles. The van der Waals surface area contributed by atoms with E-state index in [0.29, 0.717) is 6.54 Å². The molecule has 0 saturated carbocycles. The van der Waals surface area contributed by atoms with Crippen LogP contribution in [0, 0.1) is 5.41 Å². The zero-order valence-electron chi connectivity index (χ0n) is 7.46. The van der Waals surface area contributed by atoms with Crippen LogP contribution < -0.4 is 5.73 Å². The molecule has 2 amide bonds. The number of nitrogens with zero attached hydrogens (tertiary/aromatic N) is 1. The van der Waals surface area contributed by atoms with E-state index < -0.39 is 5.91 Å². The van der Waals surface area contributed by atoms with Crippen molar-refractivity contribution in [3.63, 3.8) is 0 Å². The molecule has 4 nitrogen and oxygen atoms in total. The molecule has 0 bridgehead atoms. The molecule has 0 atom stereocenters. The third-order valence-electron chi connectivity index (χ3n) is 2.22. The van der Waals surface area contributed by atoms with E-state index >= 15 is 0 Å². The van der Waals surface area contributed by atoms with E-state index in [1.165, 1.54) is 4.90 Å². The van der Waals surface area contributed by atoms with Gasteiger partial charge in [-0.3, -0.25) is 9.59 Å². The Kier molecular flexibility index (Phi) is 2.08. The molecule has 1 rings (SSSR count).